The molecule has 3 rings (SSSR count). The number of carbonyl (C=O) groups is 1. The molecule has 0 radical (unpaired) electrons. The van der Waals surface area contributed by atoms with Gasteiger partial charge in [0.25, 0.3) is 0 Å². The number of carboxylic acids is 1. The Hall–Kier alpha value is -2.40. The molecule has 1 aromatic heterocycles. The Morgan fingerprint density at radius 1 is 1.33 bits per heavy atom. The molecule has 0 atom stereocenters. The summed E-state index contributed by atoms with van der Waals surface area (Å²) in [4.78, 5) is 17.8. The van der Waals surface area contributed by atoms with Crippen LogP contribution in [-0.2, 0) is 0 Å². The van der Waals surface area contributed by atoms with Gasteiger partial charge in [-0.2, -0.15) is 0 Å². The summed E-state index contributed by atoms with van der Waals surface area (Å²) >= 11 is 0. The number of pyridine rings is 1. The highest BCUT2D eigenvalue weighted by Crippen LogP contribution is 2.36. The number of nitrogens with zero attached hydrogens (tertiary/aromatic N) is 2. The van der Waals surface area contributed by atoms with Gasteiger partial charge in [-0.25, -0.2) is 4.79 Å². The zero-order valence-electron chi connectivity index (χ0n) is 14.3. The number of aromatic nitrogens is 1. The number of nitrogens with one attached hydrogen (secondary N) is 1. The number of benzene rings is 1. The molecule has 1 aromatic carbocycles. The summed E-state index contributed by atoms with van der Waals surface area (Å²) in [5.41, 5.74) is 4.55. The lowest BCUT2D eigenvalue weighted by Gasteiger charge is -2.25. The van der Waals surface area contributed by atoms with E-state index in [9.17, 15) is 4.79 Å². The second-order valence-electron chi connectivity index (χ2n) is 6.60. The van der Waals surface area contributed by atoms with Crippen LogP contribution < -0.4 is 10.2 Å². The molecule has 5 heteroatoms. The van der Waals surface area contributed by atoms with E-state index in [-0.39, 0.29) is 5.54 Å². The van der Waals surface area contributed by atoms with E-state index in [2.05, 4.69) is 28.3 Å². The van der Waals surface area contributed by atoms with Crippen LogP contribution in [0.4, 0.5) is 5.69 Å². The van der Waals surface area contributed by atoms with Crippen molar-refractivity contribution in [2.45, 2.75) is 25.3 Å². The van der Waals surface area contributed by atoms with Gasteiger partial charge in [0, 0.05) is 30.4 Å². The van der Waals surface area contributed by atoms with Crippen LogP contribution in [0.15, 0.2) is 36.5 Å². The van der Waals surface area contributed by atoms with Crippen molar-refractivity contribution in [3.8, 4) is 11.1 Å². The molecular weight excluding hydrogens is 302 g/mol. The van der Waals surface area contributed by atoms with Crippen LogP contribution in [0.5, 0.6) is 0 Å². The van der Waals surface area contributed by atoms with Crippen LogP contribution >= 0.6 is 0 Å². The van der Waals surface area contributed by atoms with Crippen molar-refractivity contribution in [3.63, 3.8) is 0 Å². The molecule has 1 heterocycles. The van der Waals surface area contributed by atoms with Crippen LogP contribution in [0.1, 0.15) is 28.9 Å². The van der Waals surface area contributed by atoms with Gasteiger partial charge in [-0.3, -0.25) is 4.98 Å². The maximum absolute atomic E-state index is 11.0. The smallest absolute Gasteiger partial charge is 0.335 e. The number of aromatic carboxylic acids is 1. The van der Waals surface area contributed by atoms with Crippen LogP contribution in [0.3, 0.4) is 0 Å². The third-order valence-corrected chi connectivity index (χ3v) is 4.88. The highest BCUT2D eigenvalue weighted by atomic mass is 16.4. The third kappa shape index (κ3) is 3.26. The molecule has 0 unspecified atom stereocenters. The average Bonchev–Trinajstić information content (AvgIpc) is 3.35. The van der Waals surface area contributed by atoms with Gasteiger partial charge >= 0.3 is 5.97 Å². The summed E-state index contributed by atoms with van der Waals surface area (Å²) in [7, 11) is 4.10. The number of aryl methyl sites for hydroxylation is 1. The van der Waals surface area contributed by atoms with Gasteiger partial charge in [0.15, 0.2) is 0 Å². The first-order valence-corrected chi connectivity index (χ1v) is 8.14. The summed E-state index contributed by atoms with van der Waals surface area (Å²) in [5, 5.41) is 12.4. The summed E-state index contributed by atoms with van der Waals surface area (Å²) < 4.78 is 0. The Labute approximate surface area is 142 Å². The van der Waals surface area contributed by atoms with E-state index in [0.29, 0.717) is 5.56 Å². The summed E-state index contributed by atoms with van der Waals surface area (Å²) in [6, 6.07) is 9.08. The van der Waals surface area contributed by atoms with Crippen molar-refractivity contribution in [2.75, 3.05) is 25.5 Å². The minimum absolute atomic E-state index is 0.239. The maximum Gasteiger partial charge on any atom is 0.335 e. The third-order valence-electron chi connectivity index (χ3n) is 4.88. The molecule has 126 valence electrons. The molecule has 1 aliphatic rings. The Kier molecular flexibility index (Phi) is 4.28. The zero-order chi connectivity index (χ0) is 17.3. The lowest BCUT2D eigenvalue weighted by Crippen LogP contribution is -2.39. The molecule has 2 aromatic rings. The molecule has 0 bridgehead atoms. The van der Waals surface area contributed by atoms with E-state index in [1.165, 1.54) is 12.8 Å². The fraction of sp³-hybridized carbons (Fsp3) is 0.368. The topological polar surface area (TPSA) is 65.5 Å². The van der Waals surface area contributed by atoms with Crippen molar-refractivity contribution in [1.29, 1.82) is 0 Å². The molecule has 2 N–H and O–H groups in total. The van der Waals surface area contributed by atoms with Crippen molar-refractivity contribution < 1.29 is 9.90 Å². The largest absolute Gasteiger partial charge is 0.478 e. The van der Waals surface area contributed by atoms with Gasteiger partial charge in [-0.05, 0) is 50.6 Å². The number of hydrogen-bond acceptors (Lipinski definition) is 4. The Bertz CT molecular complexity index is 752. The maximum atomic E-state index is 11.0. The fourth-order valence-electron chi connectivity index (χ4n) is 3.00. The van der Waals surface area contributed by atoms with Gasteiger partial charge in [-0.15, -0.1) is 0 Å². The quantitative estimate of drug-likeness (QED) is 0.855. The highest BCUT2D eigenvalue weighted by molar-refractivity contribution is 5.88. The fourth-order valence-corrected chi connectivity index (χ4v) is 3.00. The first-order chi connectivity index (χ1) is 11.4. The highest BCUT2D eigenvalue weighted by Gasteiger charge is 2.41. The van der Waals surface area contributed by atoms with Gasteiger partial charge in [0.1, 0.15) is 0 Å². The molecule has 5 nitrogen and oxygen atoms in total. The van der Waals surface area contributed by atoms with Crippen molar-refractivity contribution in [2.24, 2.45) is 0 Å². The molecule has 0 saturated heterocycles. The minimum atomic E-state index is -0.910. The molecule has 0 amide bonds. The Morgan fingerprint density at radius 2 is 2.00 bits per heavy atom. The monoisotopic (exact) mass is 325 g/mol. The van der Waals surface area contributed by atoms with Gasteiger partial charge in [0.05, 0.1) is 17.4 Å². The van der Waals surface area contributed by atoms with E-state index in [1.807, 2.05) is 32.3 Å². The van der Waals surface area contributed by atoms with Crippen molar-refractivity contribution >= 4 is 11.7 Å². The van der Waals surface area contributed by atoms with E-state index in [0.717, 1.165) is 29.1 Å². The molecule has 1 saturated carbocycles. The molecular formula is C19H23N3O2. The molecule has 0 spiro atoms. The van der Waals surface area contributed by atoms with E-state index < -0.39 is 5.97 Å². The van der Waals surface area contributed by atoms with Crippen molar-refractivity contribution in [1.82, 2.24) is 10.3 Å². The van der Waals surface area contributed by atoms with Crippen LogP contribution in [0, 0.1) is 6.92 Å². The lowest BCUT2D eigenvalue weighted by molar-refractivity contribution is 0.0697. The van der Waals surface area contributed by atoms with Gasteiger partial charge < -0.3 is 15.3 Å². The number of likely N-dealkylation sites (N-methyl/N-ethyl adjacent to an activating group) is 2. The standard InChI is InChI=1S/C19H23N3O2/c1-13-17(14-4-6-15(7-5-14)18(23)24)10-16(11-21-13)22(3)12-19(20-2)8-9-19/h4-7,10-11,20H,8-9,12H2,1-3H3,(H,23,24). The average molecular weight is 325 g/mol. The number of rotatable bonds is 6. The first kappa shape index (κ1) is 16.5. The summed E-state index contributed by atoms with van der Waals surface area (Å²) in [6.07, 6.45) is 4.31. The first-order valence-electron chi connectivity index (χ1n) is 8.14. The number of anilines is 1. The van der Waals surface area contributed by atoms with Crippen LogP contribution in [0.25, 0.3) is 11.1 Å². The molecule has 24 heavy (non-hydrogen) atoms. The predicted molar refractivity (Wildman–Crippen MR) is 95.7 cm³/mol. The minimum Gasteiger partial charge on any atom is -0.478 e. The van der Waals surface area contributed by atoms with E-state index >= 15 is 0 Å². The van der Waals surface area contributed by atoms with Gasteiger partial charge in [0.2, 0.25) is 0 Å². The normalized spacial score (nSPS) is 15.1. The predicted octanol–water partition coefficient (Wildman–Crippen LogP) is 2.94. The summed E-state index contributed by atoms with van der Waals surface area (Å²) in [6.45, 7) is 2.92. The Morgan fingerprint density at radius 3 is 2.54 bits per heavy atom. The molecule has 1 fully saturated rings. The van der Waals surface area contributed by atoms with Crippen LogP contribution in [0.2, 0.25) is 0 Å². The Balaban J connectivity index is 1.87. The molecule has 1 aliphatic carbocycles. The number of hydrogen-bond donors (Lipinski definition) is 2. The lowest BCUT2D eigenvalue weighted by atomic mass is 10.0. The second-order valence-corrected chi connectivity index (χ2v) is 6.60. The van der Waals surface area contributed by atoms with E-state index in [1.54, 1.807) is 12.1 Å². The number of carboxylic acid groups (broad SMARTS) is 1. The van der Waals surface area contributed by atoms with Crippen LogP contribution in [-0.4, -0.2) is 42.2 Å². The second kappa shape index (κ2) is 6.24. The SMILES string of the molecule is CNC1(CN(C)c2cnc(C)c(-c3ccc(C(=O)O)cc3)c2)CC1. The zero-order valence-corrected chi connectivity index (χ0v) is 14.3. The van der Waals surface area contributed by atoms with Crippen molar-refractivity contribution in [3.05, 3.63) is 47.8 Å². The summed E-state index contributed by atoms with van der Waals surface area (Å²) in [5.74, 6) is -0.910. The van der Waals surface area contributed by atoms with E-state index in [4.69, 9.17) is 5.11 Å². The van der Waals surface area contributed by atoms with Gasteiger partial charge in [-0.1, -0.05) is 12.1 Å². The molecule has 0 aliphatic heterocycles.